The van der Waals surface area contributed by atoms with E-state index in [9.17, 15) is 4.79 Å². The van der Waals surface area contributed by atoms with Gasteiger partial charge in [-0.3, -0.25) is 9.69 Å². The third-order valence-corrected chi connectivity index (χ3v) is 5.19. The average Bonchev–Trinajstić information content (AvgIpc) is 3.12. The van der Waals surface area contributed by atoms with Crippen molar-refractivity contribution in [1.82, 2.24) is 9.47 Å². The van der Waals surface area contributed by atoms with Gasteiger partial charge in [-0.15, -0.1) is 0 Å². The number of carbonyl (C=O) groups is 1. The van der Waals surface area contributed by atoms with Crippen molar-refractivity contribution in [3.05, 3.63) is 78.0 Å². The number of hydrogen-bond acceptors (Lipinski definition) is 3. The number of benzene rings is 2. The van der Waals surface area contributed by atoms with Gasteiger partial charge in [0.1, 0.15) is 5.69 Å². The molecule has 0 spiro atoms. The largest absolute Gasteiger partial charge is 0.379 e. The van der Waals surface area contributed by atoms with Gasteiger partial charge in [-0.1, -0.05) is 48.5 Å². The van der Waals surface area contributed by atoms with E-state index in [1.54, 1.807) is 0 Å². The second-order valence-corrected chi connectivity index (χ2v) is 7.03. The Balaban J connectivity index is 1.52. The van der Waals surface area contributed by atoms with Crippen molar-refractivity contribution in [3.8, 4) is 11.3 Å². The van der Waals surface area contributed by atoms with E-state index in [-0.39, 0.29) is 5.91 Å². The SMILES string of the molecule is Cn1c(C(=O)Nc2ccccc2CN2CCOCC2)ccc1-c1ccccc1. The minimum Gasteiger partial charge on any atom is -0.379 e. The van der Waals surface area contributed by atoms with Crippen molar-refractivity contribution < 1.29 is 9.53 Å². The molecule has 0 atom stereocenters. The minimum absolute atomic E-state index is 0.0980. The number of para-hydroxylation sites is 1. The molecular weight excluding hydrogens is 350 g/mol. The minimum atomic E-state index is -0.0980. The highest BCUT2D eigenvalue weighted by Crippen LogP contribution is 2.23. The second-order valence-electron chi connectivity index (χ2n) is 7.03. The van der Waals surface area contributed by atoms with Crippen molar-refractivity contribution in [2.24, 2.45) is 7.05 Å². The number of morpholine rings is 1. The quantitative estimate of drug-likeness (QED) is 0.738. The van der Waals surface area contributed by atoms with Crippen LogP contribution in [-0.2, 0) is 18.3 Å². The van der Waals surface area contributed by atoms with Crippen LogP contribution in [0.3, 0.4) is 0 Å². The molecule has 5 nitrogen and oxygen atoms in total. The highest BCUT2D eigenvalue weighted by molar-refractivity contribution is 6.04. The molecule has 0 saturated carbocycles. The molecule has 0 bridgehead atoms. The summed E-state index contributed by atoms with van der Waals surface area (Å²) in [6, 6.07) is 22.0. The van der Waals surface area contributed by atoms with Crippen molar-refractivity contribution in [2.75, 3.05) is 31.6 Å². The van der Waals surface area contributed by atoms with Crippen LogP contribution in [0, 0.1) is 0 Å². The van der Waals surface area contributed by atoms with Crippen molar-refractivity contribution in [3.63, 3.8) is 0 Å². The molecule has 1 aromatic heterocycles. The summed E-state index contributed by atoms with van der Waals surface area (Å²) in [7, 11) is 1.93. The molecule has 1 aliphatic heterocycles. The zero-order valence-corrected chi connectivity index (χ0v) is 16.1. The van der Waals surface area contributed by atoms with E-state index in [4.69, 9.17) is 4.74 Å². The fourth-order valence-corrected chi connectivity index (χ4v) is 3.60. The van der Waals surface area contributed by atoms with Gasteiger partial charge in [-0.2, -0.15) is 0 Å². The van der Waals surface area contributed by atoms with Crippen LogP contribution < -0.4 is 5.32 Å². The summed E-state index contributed by atoms with van der Waals surface area (Å²) in [6.07, 6.45) is 0. The van der Waals surface area contributed by atoms with E-state index in [1.807, 2.05) is 60.1 Å². The number of amides is 1. The average molecular weight is 375 g/mol. The molecule has 1 N–H and O–H groups in total. The maximum atomic E-state index is 13.0. The predicted octanol–water partition coefficient (Wildman–Crippen LogP) is 3.78. The van der Waals surface area contributed by atoms with Gasteiger partial charge in [0.05, 0.1) is 13.2 Å². The molecule has 144 valence electrons. The van der Waals surface area contributed by atoms with Gasteiger partial charge in [-0.05, 0) is 29.3 Å². The molecule has 4 rings (SSSR count). The lowest BCUT2D eigenvalue weighted by Crippen LogP contribution is -2.35. The maximum Gasteiger partial charge on any atom is 0.272 e. The van der Waals surface area contributed by atoms with E-state index in [1.165, 1.54) is 0 Å². The van der Waals surface area contributed by atoms with Crippen LogP contribution in [0.15, 0.2) is 66.7 Å². The third-order valence-electron chi connectivity index (χ3n) is 5.19. The summed E-state index contributed by atoms with van der Waals surface area (Å²) in [6.45, 7) is 4.17. The molecule has 1 aliphatic rings. The third kappa shape index (κ3) is 4.01. The van der Waals surface area contributed by atoms with Crippen LogP contribution in [0.5, 0.6) is 0 Å². The van der Waals surface area contributed by atoms with Gasteiger partial charge in [0.2, 0.25) is 0 Å². The van der Waals surface area contributed by atoms with Crippen LogP contribution in [-0.4, -0.2) is 41.7 Å². The highest BCUT2D eigenvalue weighted by atomic mass is 16.5. The zero-order valence-electron chi connectivity index (χ0n) is 16.1. The first kappa shape index (κ1) is 18.5. The molecule has 0 unspecified atom stereocenters. The Labute approximate surface area is 165 Å². The first-order valence-corrected chi connectivity index (χ1v) is 9.63. The highest BCUT2D eigenvalue weighted by Gasteiger charge is 2.17. The van der Waals surface area contributed by atoms with Crippen LogP contribution in [0.4, 0.5) is 5.69 Å². The number of aromatic nitrogens is 1. The Bertz CT molecular complexity index is 943. The van der Waals surface area contributed by atoms with Crippen LogP contribution >= 0.6 is 0 Å². The molecule has 1 saturated heterocycles. The second kappa shape index (κ2) is 8.42. The molecule has 2 heterocycles. The van der Waals surface area contributed by atoms with E-state index in [0.29, 0.717) is 5.69 Å². The lowest BCUT2D eigenvalue weighted by molar-refractivity contribution is 0.0342. The number of nitrogens with zero attached hydrogens (tertiary/aromatic N) is 2. The number of rotatable bonds is 5. The molecule has 1 fully saturated rings. The van der Waals surface area contributed by atoms with Gasteiger partial charge in [0.25, 0.3) is 5.91 Å². The molecule has 0 radical (unpaired) electrons. The van der Waals surface area contributed by atoms with Crippen molar-refractivity contribution in [1.29, 1.82) is 0 Å². The first-order chi connectivity index (χ1) is 13.7. The van der Waals surface area contributed by atoms with E-state index < -0.39 is 0 Å². The summed E-state index contributed by atoms with van der Waals surface area (Å²) in [5.74, 6) is -0.0980. The Morgan fingerprint density at radius 2 is 1.68 bits per heavy atom. The van der Waals surface area contributed by atoms with Crippen LogP contribution in [0.1, 0.15) is 16.1 Å². The first-order valence-electron chi connectivity index (χ1n) is 9.63. The van der Waals surface area contributed by atoms with E-state index in [2.05, 4.69) is 28.4 Å². The molecule has 5 heteroatoms. The van der Waals surface area contributed by atoms with Crippen molar-refractivity contribution in [2.45, 2.75) is 6.54 Å². The topological polar surface area (TPSA) is 46.5 Å². The summed E-state index contributed by atoms with van der Waals surface area (Å²) in [5, 5.41) is 3.10. The molecule has 3 aromatic rings. The van der Waals surface area contributed by atoms with Crippen LogP contribution in [0.25, 0.3) is 11.3 Å². The fourth-order valence-electron chi connectivity index (χ4n) is 3.60. The molecule has 28 heavy (non-hydrogen) atoms. The summed E-state index contributed by atoms with van der Waals surface area (Å²) >= 11 is 0. The van der Waals surface area contributed by atoms with Gasteiger partial charge >= 0.3 is 0 Å². The normalized spacial score (nSPS) is 14.8. The van der Waals surface area contributed by atoms with E-state index in [0.717, 1.165) is 55.4 Å². The standard InChI is InChI=1S/C23H25N3O2/c1-25-21(18-7-3-2-4-8-18)11-12-22(25)23(27)24-20-10-6-5-9-19(20)17-26-13-15-28-16-14-26/h2-12H,13-17H2,1H3,(H,24,27). The Hall–Kier alpha value is -2.89. The lowest BCUT2D eigenvalue weighted by Gasteiger charge is -2.27. The number of carbonyl (C=O) groups excluding carboxylic acids is 1. The van der Waals surface area contributed by atoms with Gasteiger partial charge in [-0.25, -0.2) is 0 Å². The Kier molecular flexibility index (Phi) is 5.55. The number of hydrogen-bond donors (Lipinski definition) is 1. The Morgan fingerprint density at radius 1 is 0.964 bits per heavy atom. The number of anilines is 1. The number of nitrogens with one attached hydrogen (secondary N) is 1. The smallest absolute Gasteiger partial charge is 0.272 e. The van der Waals surface area contributed by atoms with Crippen LogP contribution in [0.2, 0.25) is 0 Å². The summed E-state index contributed by atoms with van der Waals surface area (Å²) in [5.41, 5.74) is 4.74. The van der Waals surface area contributed by atoms with Gasteiger partial charge < -0.3 is 14.6 Å². The molecule has 1 amide bonds. The van der Waals surface area contributed by atoms with E-state index >= 15 is 0 Å². The van der Waals surface area contributed by atoms with Gasteiger partial charge in [0, 0.05) is 38.1 Å². The molecular formula is C23H25N3O2. The predicted molar refractivity (Wildman–Crippen MR) is 111 cm³/mol. The molecule has 0 aliphatic carbocycles. The van der Waals surface area contributed by atoms with Gasteiger partial charge in [0.15, 0.2) is 0 Å². The summed E-state index contributed by atoms with van der Waals surface area (Å²) < 4.78 is 7.37. The lowest BCUT2D eigenvalue weighted by atomic mass is 10.1. The van der Waals surface area contributed by atoms with Crippen molar-refractivity contribution >= 4 is 11.6 Å². The monoisotopic (exact) mass is 375 g/mol. The zero-order chi connectivity index (χ0) is 19.3. The Morgan fingerprint density at radius 3 is 2.46 bits per heavy atom. The maximum absolute atomic E-state index is 13.0. The molecule has 2 aromatic carbocycles. The summed E-state index contributed by atoms with van der Waals surface area (Å²) in [4.78, 5) is 15.3. The fraction of sp³-hybridized carbons (Fsp3) is 0.261. The number of ether oxygens (including phenoxy) is 1.